The summed E-state index contributed by atoms with van der Waals surface area (Å²) in [4.78, 5) is 16.4. The van der Waals surface area contributed by atoms with Crippen LogP contribution in [0.5, 0.6) is 0 Å². The number of aromatic nitrogens is 3. The topological polar surface area (TPSA) is 66.0 Å². The van der Waals surface area contributed by atoms with Gasteiger partial charge in [-0.3, -0.25) is 4.98 Å². The fourth-order valence-corrected chi connectivity index (χ4v) is 4.02. The summed E-state index contributed by atoms with van der Waals surface area (Å²) in [6.07, 6.45) is 9.34. The second-order valence-electron chi connectivity index (χ2n) is 7.30. The summed E-state index contributed by atoms with van der Waals surface area (Å²) in [5.41, 5.74) is 3.49. The van der Waals surface area contributed by atoms with E-state index in [1.807, 2.05) is 12.1 Å². The molecule has 0 radical (unpaired) electrons. The molecule has 0 spiro atoms. The maximum atomic E-state index is 4.89. The van der Waals surface area contributed by atoms with Crippen LogP contribution in [0.15, 0.2) is 24.5 Å². The Kier molecular flexibility index (Phi) is 5.41. The van der Waals surface area contributed by atoms with Crippen molar-refractivity contribution in [2.24, 2.45) is 0 Å². The molecule has 6 heteroatoms. The SMILES string of the molecule is CN1CCC[C@@H]1CCNc1nc(-c2ccncc2)nc2c1CCNCC2. The molecule has 0 unspecified atom stereocenters. The number of fused-ring (bicyclic) bond motifs is 1. The maximum absolute atomic E-state index is 4.89. The van der Waals surface area contributed by atoms with Crippen molar-refractivity contribution >= 4 is 5.82 Å². The molecule has 0 saturated carbocycles. The molecule has 1 saturated heterocycles. The molecular weight excluding hydrogens is 324 g/mol. The number of hydrogen-bond acceptors (Lipinski definition) is 6. The zero-order chi connectivity index (χ0) is 17.8. The number of nitrogens with zero attached hydrogens (tertiary/aromatic N) is 4. The minimum absolute atomic E-state index is 0.698. The molecule has 4 rings (SSSR count). The van der Waals surface area contributed by atoms with E-state index in [1.165, 1.54) is 30.6 Å². The van der Waals surface area contributed by atoms with Crippen LogP contribution >= 0.6 is 0 Å². The van der Waals surface area contributed by atoms with Gasteiger partial charge in [0.05, 0.1) is 5.69 Å². The summed E-state index contributed by atoms with van der Waals surface area (Å²) in [7, 11) is 2.24. The van der Waals surface area contributed by atoms with E-state index in [0.717, 1.165) is 56.1 Å². The lowest BCUT2D eigenvalue weighted by molar-refractivity contribution is 0.301. The van der Waals surface area contributed by atoms with Crippen molar-refractivity contribution in [2.75, 3.05) is 38.5 Å². The van der Waals surface area contributed by atoms with E-state index in [2.05, 4.69) is 27.6 Å². The van der Waals surface area contributed by atoms with Gasteiger partial charge in [-0.15, -0.1) is 0 Å². The third-order valence-electron chi connectivity index (χ3n) is 5.56. The van der Waals surface area contributed by atoms with Gasteiger partial charge in [0.15, 0.2) is 5.82 Å². The van der Waals surface area contributed by atoms with Gasteiger partial charge in [0, 0.05) is 49.1 Å². The highest BCUT2D eigenvalue weighted by Crippen LogP contribution is 2.25. The first-order chi connectivity index (χ1) is 12.8. The highest BCUT2D eigenvalue weighted by atomic mass is 15.1. The lowest BCUT2D eigenvalue weighted by Gasteiger charge is -2.20. The van der Waals surface area contributed by atoms with Crippen molar-refractivity contribution in [2.45, 2.75) is 38.1 Å². The second-order valence-corrected chi connectivity index (χ2v) is 7.30. The largest absolute Gasteiger partial charge is 0.370 e. The molecule has 1 fully saturated rings. The van der Waals surface area contributed by atoms with Crippen LogP contribution in [0.25, 0.3) is 11.4 Å². The van der Waals surface area contributed by atoms with Gasteiger partial charge in [-0.1, -0.05) is 0 Å². The zero-order valence-electron chi connectivity index (χ0n) is 15.5. The Morgan fingerprint density at radius 2 is 2.04 bits per heavy atom. The summed E-state index contributed by atoms with van der Waals surface area (Å²) in [5.74, 6) is 1.82. The molecule has 138 valence electrons. The van der Waals surface area contributed by atoms with Crippen LogP contribution in [-0.2, 0) is 12.8 Å². The van der Waals surface area contributed by atoms with Gasteiger partial charge in [0.2, 0.25) is 0 Å². The van der Waals surface area contributed by atoms with Gasteiger partial charge in [-0.2, -0.15) is 0 Å². The maximum Gasteiger partial charge on any atom is 0.161 e. The normalized spacial score (nSPS) is 20.6. The van der Waals surface area contributed by atoms with Crippen LogP contribution in [0.2, 0.25) is 0 Å². The molecule has 0 aromatic carbocycles. The summed E-state index contributed by atoms with van der Waals surface area (Å²) >= 11 is 0. The van der Waals surface area contributed by atoms with E-state index in [4.69, 9.17) is 9.97 Å². The molecule has 2 aliphatic rings. The molecule has 2 aromatic heterocycles. The smallest absolute Gasteiger partial charge is 0.161 e. The Balaban J connectivity index is 1.57. The van der Waals surface area contributed by atoms with Gasteiger partial charge >= 0.3 is 0 Å². The van der Waals surface area contributed by atoms with Gasteiger partial charge in [0.1, 0.15) is 5.82 Å². The van der Waals surface area contributed by atoms with E-state index >= 15 is 0 Å². The average molecular weight is 352 g/mol. The number of pyridine rings is 1. The molecular formula is C20H28N6. The lowest BCUT2D eigenvalue weighted by Crippen LogP contribution is -2.27. The Hall–Kier alpha value is -2.05. The quantitative estimate of drug-likeness (QED) is 0.859. The van der Waals surface area contributed by atoms with Gasteiger partial charge in [-0.05, 0) is 58.0 Å². The molecule has 1 atom stereocenters. The van der Waals surface area contributed by atoms with Crippen molar-refractivity contribution in [1.82, 2.24) is 25.2 Å². The second kappa shape index (κ2) is 8.10. The zero-order valence-corrected chi connectivity index (χ0v) is 15.5. The third kappa shape index (κ3) is 3.86. The summed E-state index contributed by atoms with van der Waals surface area (Å²) in [6.45, 7) is 4.16. The Bertz CT molecular complexity index is 733. The Morgan fingerprint density at radius 1 is 1.19 bits per heavy atom. The number of likely N-dealkylation sites (tertiary alicyclic amines) is 1. The van der Waals surface area contributed by atoms with E-state index < -0.39 is 0 Å². The summed E-state index contributed by atoms with van der Waals surface area (Å²) < 4.78 is 0. The third-order valence-corrected chi connectivity index (χ3v) is 5.56. The fraction of sp³-hybridized carbons (Fsp3) is 0.550. The fourth-order valence-electron chi connectivity index (χ4n) is 4.02. The molecule has 2 aromatic rings. The molecule has 2 aliphatic heterocycles. The van der Waals surface area contributed by atoms with Crippen LogP contribution in [0, 0.1) is 0 Å². The Morgan fingerprint density at radius 3 is 2.85 bits per heavy atom. The number of anilines is 1. The van der Waals surface area contributed by atoms with Gasteiger partial charge < -0.3 is 15.5 Å². The molecule has 4 heterocycles. The van der Waals surface area contributed by atoms with Crippen molar-refractivity contribution in [3.05, 3.63) is 35.8 Å². The lowest BCUT2D eigenvalue weighted by atomic mass is 10.1. The summed E-state index contributed by atoms with van der Waals surface area (Å²) in [6, 6.07) is 4.66. The first kappa shape index (κ1) is 17.4. The molecule has 0 aliphatic carbocycles. The number of rotatable bonds is 5. The van der Waals surface area contributed by atoms with Crippen LogP contribution in [0.4, 0.5) is 5.82 Å². The summed E-state index contributed by atoms with van der Waals surface area (Å²) in [5, 5.41) is 7.11. The number of nitrogens with one attached hydrogen (secondary N) is 2. The first-order valence-electron chi connectivity index (χ1n) is 9.76. The van der Waals surface area contributed by atoms with E-state index in [-0.39, 0.29) is 0 Å². The molecule has 0 amide bonds. The van der Waals surface area contributed by atoms with E-state index in [1.54, 1.807) is 12.4 Å². The van der Waals surface area contributed by atoms with Crippen molar-refractivity contribution in [3.63, 3.8) is 0 Å². The van der Waals surface area contributed by atoms with Crippen molar-refractivity contribution in [3.8, 4) is 11.4 Å². The van der Waals surface area contributed by atoms with Gasteiger partial charge in [0.25, 0.3) is 0 Å². The molecule has 26 heavy (non-hydrogen) atoms. The van der Waals surface area contributed by atoms with E-state index in [9.17, 15) is 0 Å². The average Bonchev–Trinajstić information content (AvgIpc) is 2.93. The molecule has 0 bridgehead atoms. The molecule has 6 nitrogen and oxygen atoms in total. The van der Waals surface area contributed by atoms with E-state index in [0.29, 0.717) is 6.04 Å². The van der Waals surface area contributed by atoms with Crippen LogP contribution in [0.1, 0.15) is 30.5 Å². The monoisotopic (exact) mass is 352 g/mol. The number of hydrogen-bond donors (Lipinski definition) is 2. The highest BCUT2D eigenvalue weighted by Gasteiger charge is 2.21. The predicted molar refractivity (Wildman–Crippen MR) is 104 cm³/mol. The molecule has 2 N–H and O–H groups in total. The van der Waals surface area contributed by atoms with Crippen LogP contribution < -0.4 is 10.6 Å². The van der Waals surface area contributed by atoms with Gasteiger partial charge in [-0.25, -0.2) is 9.97 Å². The predicted octanol–water partition coefficient (Wildman–Crippen LogP) is 2.12. The minimum atomic E-state index is 0.698. The van der Waals surface area contributed by atoms with Crippen LogP contribution in [0.3, 0.4) is 0 Å². The van der Waals surface area contributed by atoms with Crippen molar-refractivity contribution < 1.29 is 0 Å². The first-order valence-corrected chi connectivity index (χ1v) is 9.76. The standard InChI is InChI=1S/C20H28N6/c1-26-14-2-3-16(26)6-13-23-20-17-7-11-22-12-8-18(17)24-19(25-20)15-4-9-21-10-5-15/h4-5,9-10,16,22H,2-3,6-8,11-14H2,1H3,(H,23,24,25)/t16-/m1/s1. The highest BCUT2D eigenvalue weighted by molar-refractivity contribution is 5.59. The van der Waals surface area contributed by atoms with Crippen LogP contribution in [-0.4, -0.2) is 59.1 Å². The Labute approximate surface area is 155 Å². The van der Waals surface area contributed by atoms with Crippen molar-refractivity contribution in [1.29, 1.82) is 0 Å². The minimum Gasteiger partial charge on any atom is -0.370 e.